The first-order valence-electron chi connectivity index (χ1n) is 13.1. The molecular formula is C28H37N5O8. The zero-order valence-electron chi connectivity index (χ0n) is 24.0. The van der Waals surface area contributed by atoms with Gasteiger partial charge in [-0.3, -0.25) is 24.1 Å². The van der Waals surface area contributed by atoms with E-state index < -0.39 is 58.0 Å². The Labute approximate surface area is 237 Å². The Morgan fingerprint density at radius 3 is 2.27 bits per heavy atom. The average molecular weight is 572 g/mol. The number of aromatic hydroxyl groups is 1. The minimum Gasteiger partial charge on any atom is -0.510 e. The highest BCUT2D eigenvalue weighted by atomic mass is 16.3. The van der Waals surface area contributed by atoms with Gasteiger partial charge in [-0.05, 0) is 58.6 Å². The normalized spacial score (nSPS) is 25.7. The number of allylic oxidation sites excluding steroid dienone is 1. The molecule has 3 aliphatic rings. The molecule has 4 atom stereocenters. The molecule has 222 valence electrons. The van der Waals surface area contributed by atoms with Crippen molar-refractivity contribution in [1.82, 2.24) is 15.1 Å². The number of hydrogen-bond donors (Lipinski definition) is 6. The van der Waals surface area contributed by atoms with E-state index in [1.807, 2.05) is 0 Å². The van der Waals surface area contributed by atoms with E-state index in [0.717, 1.165) is 0 Å². The summed E-state index contributed by atoms with van der Waals surface area (Å²) in [6.07, 6.45) is 0.171. The Kier molecular flexibility index (Phi) is 7.67. The number of ketones is 2. The summed E-state index contributed by atoms with van der Waals surface area (Å²) < 4.78 is 0. The second-order valence-corrected chi connectivity index (χ2v) is 11.6. The maximum absolute atomic E-state index is 14.0. The molecule has 0 bridgehead atoms. The fraction of sp³-hybridized carbons (Fsp3) is 0.500. The summed E-state index contributed by atoms with van der Waals surface area (Å²) >= 11 is 0. The van der Waals surface area contributed by atoms with Crippen LogP contribution in [-0.2, 0) is 27.3 Å². The Morgan fingerprint density at radius 2 is 1.73 bits per heavy atom. The minimum absolute atomic E-state index is 0.00172. The van der Waals surface area contributed by atoms with Crippen LogP contribution in [0.2, 0.25) is 0 Å². The molecular weight excluding hydrogens is 534 g/mol. The van der Waals surface area contributed by atoms with Crippen LogP contribution in [0.1, 0.15) is 27.9 Å². The predicted molar refractivity (Wildman–Crippen MR) is 148 cm³/mol. The van der Waals surface area contributed by atoms with E-state index in [4.69, 9.17) is 5.73 Å². The summed E-state index contributed by atoms with van der Waals surface area (Å²) in [7, 11) is 10.2. The van der Waals surface area contributed by atoms with Gasteiger partial charge < -0.3 is 41.3 Å². The molecule has 4 unspecified atom stereocenters. The molecule has 3 aliphatic carbocycles. The lowest BCUT2D eigenvalue weighted by Gasteiger charge is -2.50. The first-order valence-corrected chi connectivity index (χ1v) is 13.1. The summed E-state index contributed by atoms with van der Waals surface area (Å²) in [4.78, 5) is 56.8. The largest absolute Gasteiger partial charge is 0.510 e. The number of aliphatic hydroxyl groups is 3. The molecule has 4 rings (SSSR count). The number of primary amides is 1. The predicted octanol–water partition coefficient (Wildman–Crippen LogP) is -0.636. The summed E-state index contributed by atoms with van der Waals surface area (Å²) in [5.74, 6) is -7.34. The number of amides is 2. The molecule has 0 heterocycles. The van der Waals surface area contributed by atoms with E-state index in [1.54, 1.807) is 58.2 Å². The zero-order chi connectivity index (χ0) is 30.7. The highest BCUT2D eigenvalue weighted by molar-refractivity contribution is 6.25. The van der Waals surface area contributed by atoms with Crippen molar-refractivity contribution in [3.8, 4) is 5.75 Å². The van der Waals surface area contributed by atoms with Crippen molar-refractivity contribution in [2.24, 2.45) is 17.6 Å². The van der Waals surface area contributed by atoms with Crippen LogP contribution in [0.4, 0.5) is 5.69 Å². The number of nitrogens with one attached hydrogen (secondary N) is 1. The first-order chi connectivity index (χ1) is 19.0. The topological polar surface area (TPSA) is 197 Å². The van der Waals surface area contributed by atoms with Crippen molar-refractivity contribution >= 4 is 29.1 Å². The zero-order valence-corrected chi connectivity index (χ0v) is 24.0. The van der Waals surface area contributed by atoms with Crippen LogP contribution in [0.15, 0.2) is 28.7 Å². The van der Waals surface area contributed by atoms with E-state index in [9.17, 15) is 39.6 Å². The van der Waals surface area contributed by atoms with E-state index in [1.165, 1.54) is 4.90 Å². The number of hydrogen-bond acceptors (Lipinski definition) is 11. The van der Waals surface area contributed by atoms with Crippen LogP contribution in [0.3, 0.4) is 0 Å². The number of aliphatic hydroxyl groups excluding tert-OH is 2. The van der Waals surface area contributed by atoms with Gasteiger partial charge in [0.15, 0.2) is 11.4 Å². The van der Waals surface area contributed by atoms with Crippen molar-refractivity contribution in [1.29, 1.82) is 0 Å². The van der Waals surface area contributed by atoms with Crippen LogP contribution in [-0.4, -0.2) is 114 Å². The van der Waals surface area contributed by atoms with Crippen molar-refractivity contribution in [2.45, 2.75) is 31.0 Å². The monoisotopic (exact) mass is 571 g/mol. The molecule has 13 nitrogen and oxygen atoms in total. The lowest BCUT2D eigenvalue weighted by molar-refractivity contribution is -0.148. The minimum atomic E-state index is -2.71. The average Bonchev–Trinajstić information content (AvgIpc) is 2.84. The third-order valence-corrected chi connectivity index (χ3v) is 8.20. The van der Waals surface area contributed by atoms with Crippen LogP contribution >= 0.6 is 0 Å². The third-order valence-electron chi connectivity index (χ3n) is 8.20. The highest BCUT2D eigenvalue weighted by Gasteiger charge is 2.63. The third kappa shape index (κ3) is 4.63. The number of phenolic OH excluding ortho intramolecular Hbond substituents is 1. The van der Waals surface area contributed by atoms with Gasteiger partial charge in [-0.25, -0.2) is 0 Å². The Morgan fingerprint density at radius 1 is 1.10 bits per heavy atom. The SMILES string of the molecule is CN(C)CC(=O)NCc1cc(N(C)C)c2c(c1O)C(=O)C1=C(O)C3(O)C(=O)C(C(N)=O)=C(O)C(N(C)C)C3CC1C2. The summed E-state index contributed by atoms with van der Waals surface area (Å²) in [5.41, 5.74) is 2.87. The highest BCUT2D eigenvalue weighted by Crippen LogP contribution is 2.53. The summed E-state index contributed by atoms with van der Waals surface area (Å²) in [6.45, 7) is 0.0437. The Bertz CT molecular complexity index is 1410. The van der Waals surface area contributed by atoms with Gasteiger partial charge in [0.05, 0.1) is 18.2 Å². The number of carbonyl (C=O) groups excluding carboxylic acids is 4. The lowest BCUT2D eigenvalue weighted by atomic mass is 9.58. The quantitative estimate of drug-likeness (QED) is 0.228. The molecule has 1 aromatic rings. The van der Waals surface area contributed by atoms with Gasteiger partial charge in [-0.2, -0.15) is 0 Å². The maximum Gasteiger partial charge on any atom is 0.255 e. The molecule has 41 heavy (non-hydrogen) atoms. The molecule has 0 aromatic heterocycles. The first kappa shape index (κ1) is 30.0. The van der Waals surface area contributed by atoms with Crippen LogP contribution in [0.5, 0.6) is 5.75 Å². The summed E-state index contributed by atoms with van der Waals surface area (Å²) in [6, 6.07) is 0.626. The Balaban J connectivity index is 1.88. The molecule has 13 heteroatoms. The number of carbonyl (C=O) groups is 4. The molecule has 0 radical (unpaired) electrons. The second kappa shape index (κ2) is 10.5. The molecule has 0 saturated heterocycles. The molecule has 0 fully saturated rings. The van der Waals surface area contributed by atoms with Gasteiger partial charge in [0.1, 0.15) is 22.8 Å². The van der Waals surface area contributed by atoms with Crippen molar-refractivity contribution in [3.05, 3.63) is 45.4 Å². The number of nitrogens with zero attached hydrogens (tertiary/aromatic N) is 3. The van der Waals surface area contributed by atoms with E-state index >= 15 is 0 Å². The molecule has 0 aliphatic heterocycles. The molecule has 0 spiro atoms. The number of fused-ring (bicyclic) bond motifs is 3. The van der Waals surface area contributed by atoms with Gasteiger partial charge in [0, 0.05) is 43.4 Å². The fourth-order valence-corrected chi connectivity index (χ4v) is 6.42. The van der Waals surface area contributed by atoms with Gasteiger partial charge in [0.25, 0.3) is 5.91 Å². The van der Waals surface area contributed by atoms with Crippen LogP contribution in [0, 0.1) is 11.8 Å². The van der Waals surface area contributed by atoms with Crippen LogP contribution in [0.25, 0.3) is 0 Å². The van der Waals surface area contributed by atoms with Gasteiger partial charge in [-0.1, -0.05) is 0 Å². The number of nitrogens with two attached hydrogens (primary N) is 1. The fourth-order valence-electron chi connectivity index (χ4n) is 6.42. The van der Waals surface area contributed by atoms with Crippen LogP contribution < -0.4 is 16.0 Å². The summed E-state index contributed by atoms with van der Waals surface area (Å²) in [5, 5.41) is 48.1. The smallest absolute Gasteiger partial charge is 0.255 e. The van der Waals surface area contributed by atoms with Crippen molar-refractivity contribution in [2.75, 3.05) is 53.7 Å². The molecule has 2 amide bonds. The molecule has 7 N–H and O–H groups in total. The van der Waals surface area contributed by atoms with Crippen molar-refractivity contribution in [3.63, 3.8) is 0 Å². The number of rotatable bonds is 7. The molecule has 0 saturated carbocycles. The van der Waals surface area contributed by atoms with Gasteiger partial charge in [0.2, 0.25) is 11.7 Å². The van der Waals surface area contributed by atoms with Gasteiger partial charge in [-0.15, -0.1) is 0 Å². The lowest BCUT2D eigenvalue weighted by Crippen LogP contribution is -2.63. The molecule has 1 aromatic carbocycles. The number of likely N-dealkylation sites (N-methyl/N-ethyl adjacent to an activating group) is 2. The van der Waals surface area contributed by atoms with Gasteiger partial charge >= 0.3 is 0 Å². The number of Topliss-reactive ketones (excluding diaryl/α,β-unsaturated/α-hetero) is 2. The number of phenols is 1. The van der Waals surface area contributed by atoms with Crippen molar-refractivity contribution < 1.29 is 39.6 Å². The maximum atomic E-state index is 14.0. The Hall–Kier alpha value is -3.94. The van der Waals surface area contributed by atoms with E-state index in [-0.39, 0.29) is 54.3 Å². The van der Waals surface area contributed by atoms with E-state index in [2.05, 4.69) is 5.32 Å². The number of anilines is 1. The second-order valence-electron chi connectivity index (χ2n) is 11.6. The van der Waals surface area contributed by atoms with E-state index in [0.29, 0.717) is 11.3 Å². The number of benzene rings is 1. The standard InChI is InChI=1S/C28H37N5O8/c1-31(2)11-17(34)30-10-13-9-16(32(3)4)14-7-12-8-15-21(33(5)6)24(37)20(27(29)40)26(39)28(15,41)25(38)18(12)23(36)19(14)22(13)35/h9,12,15,21,35,37-38,41H,7-8,10-11H2,1-6H3,(H2,29,40)(H,30,34).